The number of hydrogen-bond acceptors (Lipinski definition) is 5. The van der Waals surface area contributed by atoms with E-state index in [1.54, 1.807) is 4.90 Å². The number of amides is 1. The molecule has 0 aliphatic carbocycles. The number of nitrogens with one attached hydrogen (secondary N) is 1. The van der Waals surface area contributed by atoms with Crippen molar-refractivity contribution < 1.29 is 26.4 Å². The van der Waals surface area contributed by atoms with E-state index in [0.717, 1.165) is 44.1 Å². The van der Waals surface area contributed by atoms with Crippen molar-refractivity contribution in [3.63, 3.8) is 0 Å². The second-order valence-corrected chi connectivity index (χ2v) is 9.24. The summed E-state index contributed by atoms with van der Waals surface area (Å²) in [6, 6.07) is 7.58. The number of hydrogen-bond donors (Lipinski definition) is 1. The summed E-state index contributed by atoms with van der Waals surface area (Å²) in [4.78, 5) is 18.4. The van der Waals surface area contributed by atoms with Gasteiger partial charge in [-0.05, 0) is 43.2 Å². The third-order valence-corrected chi connectivity index (χ3v) is 5.95. The van der Waals surface area contributed by atoms with Crippen LogP contribution in [-0.4, -0.2) is 38.7 Å². The summed E-state index contributed by atoms with van der Waals surface area (Å²) in [6.45, 7) is 1.02. The van der Waals surface area contributed by atoms with Crippen LogP contribution in [-0.2, 0) is 16.0 Å². The number of benzene rings is 1. The van der Waals surface area contributed by atoms with Gasteiger partial charge in [0, 0.05) is 25.0 Å². The van der Waals surface area contributed by atoms with Gasteiger partial charge in [-0.1, -0.05) is 18.9 Å². The summed E-state index contributed by atoms with van der Waals surface area (Å²) in [5, 5.41) is 2.57. The van der Waals surface area contributed by atoms with Gasteiger partial charge in [0.05, 0.1) is 10.5 Å². The number of anilines is 2. The lowest BCUT2D eigenvalue weighted by Gasteiger charge is -2.24. The predicted octanol–water partition coefficient (Wildman–Crippen LogP) is 4.14. The average molecular weight is 441 g/mol. The van der Waals surface area contributed by atoms with Gasteiger partial charge in [0.2, 0.25) is 0 Å². The fourth-order valence-electron chi connectivity index (χ4n) is 3.31. The van der Waals surface area contributed by atoms with Crippen molar-refractivity contribution in [1.29, 1.82) is 0 Å². The van der Waals surface area contributed by atoms with E-state index in [2.05, 4.69) is 10.3 Å². The molecule has 1 N–H and O–H groups in total. The first kappa shape index (κ1) is 22.1. The Hall–Kier alpha value is -2.62. The van der Waals surface area contributed by atoms with Crippen LogP contribution in [0.1, 0.15) is 41.7 Å². The lowest BCUT2D eigenvalue weighted by molar-refractivity contribution is -0.141. The van der Waals surface area contributed by atoms with Gasteiger partial charge in [-0.3, -0.25) is 4.79 Å². The summed E-state index contributed by atoms with van der Waals surface area (Å²) < 4.78 is 63.1. The summed E-state index contributed by atoms with van der Waals surface area (Å²) in [5.74, 6) is -0.662. The zero-order valence-electron chi connectivity index (χ0n) is 16.4. The largest absolute Gasteiger partial charge is 0.433 e. The monoisotopic (exact) mass is 441 g/mol. The van der Waals surface area contributed by atoms with Crippen LogP contribution in [0.25, 0.3) is 0 Å². The molecular weight excluding hydrogens is 419 g/mol. The minimum absolute atomic E-state index is 0.00894. The van der Waals surface area contributed by atoms with Gasteiger partial charge >= 0.3 is 6.18 Å². The summed E-state index contributed by atoms with van der Waals surface area (Å²) in [5.41, 5.74) is -0.823. The molecule has 10 heteroatoms. The van der Waals surface area contributed by atoms with E-state index in [4.69, 9.17) is 0 Å². The molecule has 0 spiro atoms. The molecule has 0 bridgehead atoms. The number of rotatable bonds is 4. The van der Waals surface area contributed by atoms with Crippen molar-refractivity contribution in [1.82, 2.24) is 4.98 Å². The Balaban J connectivity index is 1.96. The number of alkyl halides is 3. The van der Waals surface area contributed by atoms with Gasteiger partial charge in [0.25, 0.3) is 5.91 Å². The highest BCUT2D eigenvalue weighted by Gasteiger charge is 2.34. The maximum atomic E-state index is 13.2. The molecule has 1 aliphatic heterocycles. The second kappa shape index (κ2) is 8.63. The third-order valence-electron chi connectivity index (χ3n) is 4.84. The van der Waals surface area contributed by atoms with E-state index in [9.17, 15) is 26.4 Å². The SMILES string of the molecule is CS(=O)(=O)c1cccc(NC(=O)c2ccc(C(F)(F)F)nc2N2CCCCCC2)c1. The van der Waals surface area contributed by atoms with Crippen LogP contribution < -0.4 is 10.2 Å². The Labute approximate surface area is 173 Å². The molecule has 2 heterocycles. The highest BCUT2D eigenvalue weighted by Crippen LogP contribution is 2.32. The number of sulfone groups is 1. The quantitative estimate of drug-likeness (QED) is 0.772. The first-order chi connectivity index (χ1) is 14.1. The van der Waals surface area contributed by atoms with E-state index in [-0.39, 0.29) is 22.0 Å². The molecule has 162 valence electrons. The number of aromatic nitrogens is 1. The number of carbonyl (C=O) groups excluding carboxylic acids is 1. The first-order valence-electron chi connectivity index (χ1n) is 9.50. The van der Waals surface area contributed by atoms with Crippen LogP contribution in [0.3, 0.4) is 0 Å². The van der Waals surface area contributed by atoms with E-state index >= 15 is 0 Å². The fraction of sp³-hybridized carbons (Fsp3) is 0.400. The average Bonchev–Trinajstić information content (AvgIpc) is 2.96. The van der Waals surface area contributed by atoms with E-state index in [1.807, 2.05) is 0 Å². The summed E-state index contributed by atoms with van der Waals surface area (Å²) >= 11 is 0. The van der Waals surface area contributed by atoms with Gasteiger partial charge in [-0.25, -0.2) is 13.4 Å². The normalized spacial score (nSPS) is 15.5. The molecule has 0 unspecified atom stereocenters. The van der Waals surface area contributed by atoms with Crippen LogP contribution in [0.4, 0.5) is 24.7 Å². The minimum atomic E-state index is -4.63. The molecule has 0 radical (unpaired) electrons. The molecule has 3 rings (SSSR count). The molecule has 0 saturated carbocycles. The molecule has 1 fully saturated rings. The Morgan fingerprint density at radius 2 is 1.73 bits per heavy atom. The van der Waals surface area contributed by atoms with Crippen LogP contribution in [0.2, 0.25) is 0 Å². The van der Waals surface area contributed by atoms with Crippen molar-refractivity contribution in [2.45, 2.75) is 36.8 Å². The minimum Gasteiger partial charge on any atom is -0.356 e. The third kappa shape index (κ3) is 5.29. The molecule has 1 amide bonds. The maximum absolute atomic E-state index is 13.2. The summed E-state index contributed by atoms with van der Waals surface area (Å²) in [7, 11) is -3.47. The predicted molar refractivity (Wildman–Crippen MR) is 107 cm³/mol. The Bertz CT molecular complexity index is 1030. The standard InChI is InChI=1S/C20H22F3N3O3S/c1-30(28,29)15-8-6-7-14(13-15)24-19(27)16-9-10-17(20(21,22)23)25-18(16)26-11-4-2-3-5-12-26/h6-10,13H,2-5,11-12H2,1H3,(H,24,27). The van der Waals surface area contributed by atoms with Crippen molar-refractivity contribution >= 4 is 27.2 Å². The molecular formula is C20H22F3N3O3S. The van der Waals surface area contributed by atoms with Crippen molar-refractivity contribution in [3.8, 4) is 0 Å². The van der Waals surface area contributed by atoms with Crippen molar-refractivity contribution in [2.75, 3.05) is 29.6 Å². The number of halogens is 3. The number of carbonyl (C=O) groups is 1. The van der Waals surface area contributed by atoms with Crippen molar-refractivity contribution in [2.24, 2.45) is 0 Å². The zero-order chi connectivity index (χ0) is 21.9. The maximum Gasteiger partial charge on any atom is 0.433 e. The molecule has 1 aliphatic rings. The number of nitrogens with zero attached hydrogens (tertiary/aromatic N) is 2. The van der Waals surface area contributed by atoms with Gasteiger partial charge < -0.3 is 10.2 Å². The molecule has 1 saturated heterocycles. The lowest BCUT2D eigenvalue weighted by Crippen LogP contribution is -2.29. The van der Waals surface area contributed by atoms with Gasteiger partial charge in [-0.2, -0.15) is 13.2 Å². The molecule has 30 heavy (non-hydrogen) atoms. The molecule has 1 aromatic heterocycles. The molecule has 6 nitrogen and oxygen atoms in total. The van der Waals surface area contributed by atoms with Crippen LogP contribution >= 0.6 is 0 Å². The fourth-order valence-corrected chi connectivity index (χ4v) is 3.98. The highest BCUT2D eigenvalue weighted by atomic mass is 32.2. The smallest absolute Gasteiger partial charge is 0.356 e. The van der Waals surface area contributed by atoms with E-state index < -0.39 is 27.6 Å². The van der Waals surface area contributed by atoms with Crippen LogP contribution in [0.5, 0.6) is 0 Å². The van der Waals surface area contributed by atoms with E-state index in [0.29, 0.717) is 13.1 Å². The second-order valence-electron chi connectivity index (χ2n) is 7.22. The Morgan fingerprint density at radius 3 is 2.33 bits per heavy atom. The van der Waals surface area contributed by atoms with Crippen LogP contribution in [0.15, 0.2) is 41.3 Å². The Kier molecular flexibility index (Phi) is 6.35. The molecule has 0 atom stereocenters. The molecule has 2 aromatic rings. The summed E-state index contributed by atoms with van der Waals surface area (Å²) in [6.07, 6.45) is -0.0418. The lowest BCUT2D eigenvalue weighted by atomic mass is 10.1. The first-order valence-corrected chi connectivity index (χ1v) is 11.4. The van der Waals surface area contributed by atoms with Gasteiger partial charge in [0.1, 0.15) is 11.5 Å². The highest BCUT2D eigenvalue weighted by molar-refractivity contribution is 7.90. The Morgan fingerprint density at radius 1 is 1.07 bits per heavy atom. The van der Waals surface area contributed by atoms with Gasteiger partial charge in [-0.15, -0.1) is 0 Å². The zero-order valence-corrected chi connectivity index (χ0v) is 17.2. The number of pyridine rings is 1. The van der Waals surface area contributed by atoms with Crippen molar-refractivity contribution in [3.05, 3.63) is 47.7 Å². The molecule has 1 aromatic carbocycles. The van der Waals surface area contributed by atoms with Crippen LogP contribution in [0, 0.1) is 0 Å². The topological polar surface area (TPSA) is 79.4 Å². The van der Waals surface area contributed by atoms with E-state index in [1.165, 1.54) is 24.3 Å². The van der Waals surface area contributed by atoms with Gasteiger partial charge in [0.15, 0.2) is 9.84 Å².